The second kappa shape index (κ2) is 5.82. The Hall–Kier alpha value is -1.94. The van der Waals surface area contributed by atoms with Crippen LogP contribution >= 0.6 is 11.6 Å². The zero-order valence-corrected chi connectivity index (χ0v) is 12.4. The van der Waals surface area contributed by atoms with Gasteiger partial charge in [-0.05, 0) is 41.8 Å². The normalized spacial score (nSPS) is 12.5. The first-order valence-corrected chi connectivity index (χ1v) is 7.13. The van der Waals surface area contributed by atoms with Crippen LogP contribution < -0.4 is 11.3 Å². The number of hydrazine groups is 1. The molecule has 0 spiro atoms. The predicted molar refractivity (Wildman–Crippen MR) is 87.1 cm³/mol. The highest BCUT2D eigenvalue weighted by atomic mass is 35.5. The van der Waals surface area contributed by atoms with Gasteiger partial charge in [-0.25, -0.2) is 5.43 Å². The number of benzene rings is 2. The molecule has 1 atom stereocenters. The Kier molecular flexibility index (Phi) is 3.88. The van der Waals surface area contributed by atoms with E-state index in [-0.39, 0.29) is 6.04 Å². The molecular weight excluding hydrogens is 282 g/mol. The number of aryl methyl sites for hydroxylation is 1. The number of halogens is 1. The lowest BCUT2D eigenvalue weighted by molar-refractivity contribution is 0.637. The number of nitrogens with two attached hydrogens (primary N) is 1. The number of hydrogen-bond acceptors (Lipinski definition) is 3. The van der Waals surface area contributed by atoms with Gasteiger partial charge in [-0.3, -0.25) is 10.8 Å². The van der Waals surface area contributed by atoms with Gasteiger partial charge in [0.2, 0.25) is 0 Å². The molecule has 0 aliphatic carbocycles. The summed E-state index contributed by atoms with van der Waals surface area (Å²) in [6.45, 7) is 2.01. The van der Waals surface area contributed by atoms with Gasteiger partial charge in [-0.15, -0.1) is 0 Å². The Bertz CT molecular complexity index is 786. The van der Waals surface area contributed by atoms with Crippen LogP contribution in [0.25, 0.3) is 10.9 Å². The van der Waals surface area contributed by atoms with Gasteiger partial charge in [0, 0.05) is 16.6 Å². The van der Waals surface area contributed by atoms with E-state index in [1.54, 1.807) is 6.20 Å². The number of pyridine rings is 1. The van der Waals surface area contributed by atoms with E-state index in [0.29, 0.717) is 5.02 Å². The Labute approximate surface area is 128 Å². The maximum atomic E-state index is 6.36. The molecule has 21 heavy (non-hydrogen) atoms. The van der Waals surface area contributed by atoms with Gasteiger partial charge in [0.15, 0.2) is 0 Å². The average molecular weight is 298 g/mol. The van der Waals surface area contributed by atoms with Gasteiger partial charge in [-0.2, -0.15) is 0 Å². The first-order chi connectivity index (χ1) is 10.2. The monoisotopic (exact) mass is 297 g/mol. The van der Waals surface area contributed by atoms with Crippen molar-refractivity contribution in [2.24, 2.45) is 5.84 Å². The van der Waals surface area contributed by atoms with Gasteiger partial charge in [0.05, 0.1) is 11.6 Å². The lowest BCUT2D eigenvalue weighted by Gasteiger charge is -2.19. The highest BCUT2D eigenvalue weighted by Crippen LogP contribution is 2.29. The first-order valence-electron chi connectivity index (χ1n) is 6.76. The van der Waals surface area contributed by atoms with Crippen LogP contribution in [-0.4, -0.2) is 4.98 Å². The van der Waals surface area contributed by atoms with Crippen molar-refractivity contribution in [1.29, 1.82) is 0 Å². The quantitative estimate of drug-likeness (QED) is 0.572. The van der Waals surface area contributed by atoms with Crippen molar-refractivity contribution in [3.63, 3.8) is 0 Å². The molecule has 0 fully saturated rings. The standard InChI is InChI=1S/C17H16ClN3/c1-11-4-7-14(15(18)9-11)17(21-19)13-6-5-12-3-2-8-20-16(12)10-13/h2-10,17,21H,19H2,1H3. The van der Waals surface area contributed by atoms with E-state index in [9.17, 15) is 0 Å². The third-order valence-corrected chi connectivity index (χ3v) is 3.92. The summed E-state index contributed by atoms with van der Waals surface area (Å²) >= 11 is 6.36. The highest BCUT2D eigenvalue weighted by Gasteiger charge is 2.16. The second-order valence-electron chi connectivity index (χ2n) is 5.08. The minimum absolute atomic E-state index is 0.162. The first kappa shape index (κ1) is 14.0. The fourth-order valence-electron chi connectivity index (χ4n) is 2.49. The Morgan fingerprint density at radius 3 is 2.76 bits per heavy atom. The van der Waals surface area contributed by atoms with E-state index in [2.05, 4.69) is 10.4 Å². The van der Waals surface area contributed by atoms with E-state index in [0.717, 1.165) is 27.6 Å². The van der Waals surface area contributed by atoms with Crippen molar-refractivity contribution in [1.82, 2.24) is 10.4 Å². The highest BCUT2D eigenvalue weighted by molar-refractivity contribution is 6.31. The largest absolute Gasteiger partial charge is 0.271 e. The van der Waals surface area contributed by atoms with Gasteiger partial charge in [-0.1, -0.05) is 41.9 Å². The summed E-state index contributed by atoms with van der Waals surface area (Å²) in [6.07, 6.45) is 1.79. The maximum Gasteiger partial charge on any atom is 0.0725 e. The summed E-state index contributed by atoms with van der Waals surface area (Å²) in [5.74, 6) is 5.76. The molecule has 0 aliphatic heterocycles. The summed E-state index contributed by atoms with van der Waals surface area (Å²) in [7, 11) is 0. The third-order valence-electron chi connectivity index (χ3n) is 3.60. The van der Waals surface area contributed by atoms with Gasteiger partial charge >= 0.3 is 0 Å². The van der Waals surface area contributed by atoms with Gasteiger partial charge in [0.25, 0.3) is 0 Å². The number of aromatic nitrogens is 1. The maximum absolute atomic E-state index is 6.36. The van der Waals surface area contributed by atoms with Crippen molar-refractivity contribution < 1.29 is 0 Å². The molecule has 2 aromatic carbocycles. The molecule has 106 valence electrons. The fraction of sp³-hybridized carbons (Fsp3) is 0.118. The summed E-state index contributed by atoms with van der Waals surface area (Å²) in [5, 5.41) is 1.81. The van der Waals surface area contributed by atoms with Crippen molar-refractivity contribution in [2.45, 2.75) is 13.0 Å². The van der Waals surface area contributed by atoms with E-state index >= 15 is 0 Å². The molecule has 0 amide bonds. The van der Waals surface area contributed by atoms with Crippen molar-refractivity contribution in [3.05, 3.63) is 76.4 Å². The SMILES string of the molecule is Cc1ccc(C(NN)c2ccc3cccnc3c2)c(Cl)c1. The van der Waals surface area contributed by atoms with Crippen molar-refractivity contribution in [2.75, 3.05) is 0 Å². The average Bonchev–Trinajstić information content (AvgIpc) is 2.50. The molecule has 1 unspecified atom stereocenters. The van der Waals surface area contributed by atoms with Crippen LogP contribution in [0.2, 0.25) is 5.02 Å². The third kappa shape index (κ3) is 2.76. The fourth-order valence-corrected chi connectivity index (χ4v) is 2.84. The van der Waals surface area contributed by atoms with Crippen molar-refractivity contribution >= 4 is 22.5 Å². The van der Waals surface area contributed by atoms with Gasteiger partial charge < -0.3 is 0 Å². The van der Waals surface area contributed by atoms with Crippen LogP contribution in [0.3, 0.4) is 0 Å². The molecule has 3 rings (SSSR count). The number of fused-ring (bicyclic) bond motifs is 1. The minimum Gasteiger partial charge on any atom is -0.271 e. The Balaban J connectivity index is 2.09. The molecule has 0 radical (unpaired) electrons. The second-order valence-corrected chi connectivity index (χ2v) is 5.49. The number of nitrogens with zero attached hydrogens (tertiary/aromatic N) is 1. The Morgan fingerprint density at radius 2 is 2.00 bits per heavy atom. The number of hydrogen-bond donors (Lipinski definition) is 2. The molecule has 0 saturated carbocycles. The van der Waals surface area contributed by atoms with E-state index in [1.165, 1.54) is 0 Å². The molecule has 1 heterocycles. The zero-order chi connectivity index (χ0) is 14.8. The molecule has 1 aromatic heterocycles. The summed E-state index contributed by atoms with van der Waals surface area (Å²) in [6, 6.07) is 15.9. The molecule has 3 N–H and O–H groups in total. The van der Waals surface area contributed by atoms with E-state index in [4.69, 9.17) is 17.4 Å². The van der Waals surface area contributed by atoms with Crippen LogP contribution in [-0.2, 0) is 0 Å². The van der Waals surface area contributed by atoms with E-state index in [1.807, 2.05) is 55.5 Å². The Morgan fingerprint density at radius 1 is 1.14 bits per heavy atom. The lowest BCUT2D eigenvalue weighted by atomic mass is 9.97. The summed E-state index contributed by atoms with van der Waals surface area (Å²) < 4.78 is 0. The van der Waals surface area contributed by atoms with Crippen LogP contribution in [0.5, 0.6) is 0 Å². The van der Waals surface area contributed by atoms with Crippen LogP contribution in [0.1, 0.15) is 22.7 Å². The van der Waals surface area contributed by atoms with Crippen LogP contribution in [0.15, 0.2) is 54.7 Å². The molecule has 0 bridgehead atoms. The lowest BCUT2D eigenvalue weighted by Crippen LogP contribution is -2.29. The zero-order valence-electron chi connectivity index (χ0n) is 11.7. The smallest absolute Gasteiger partial charge is 0.0725 e. The van der Waals surface area contributed by atoms with Gasteiger partial charge in [0.1, 0.15) is 0 Å². The molecule has 4 heteroatoms. The minimum atomic E-state index is -0.162. The summed E-state index contributed by atoms with van der Waals surface area (Å²) in [5.41, 5.74) is 6.91. The van der Waals surface area contributed by atoms with Crippen LogP contribution in [0.4, 0.5) is 0 Å². The molecule has 0 aliphatic rings. The predicted octanol–water partition coefficient (Wildman–Crippen LogP) is 3.75. The number of rotatable bonds is 3. The molecular formula is C17H16ClN3. The topological polar surface area (TPSA) is 50.9 Å². The molecule has 0 saturated heterocycles. The van der Waals surface area contributed by atoms with Crippen LogP contribution in [0, 0.1) is 6.92 Å². The summed E-state index contributed by atoms with van der Waals surface area (Å²) in [4.78, 5) is 4.39. The number of nitrogens with one attached hydrogen (secondary N) is 1. The van der Waals surface area contributed by atoms with E-state index < -0.39 is 0 Å². The molecule has 3 aromatic rings. The molecule has 3 nitrogen and oxygen atoms in total. The van der Waals surface area contributed by atoms with Crippen molar-refractivity contribution in [3.8, 4) is 0 Å².